The molecule has 2 aliphatic rings. The summed E-state index contributed by atoms with van der Waals surface area (Å²) in [5.74, 6) is -0.948. The van der Waals surface area contributed by atoms with Gasteiger partial charge in [0.2, 0.25) is 0 Å². The van der Waals surface area contributed by atoms with E-state index in [-0.39, 0.29) is 22.3 Å². The zero-order valence-corrected chi connectivity index (χ0v) is 38.5. The maximum atomic E-state index is 14.6. The number of nitriles is 2. The molecule has 8 nitrogen and oxygen atoms in total. The summed E-state index contributed by atoms with van der Waals surface area (Å²) in [6, 6.07) is 29.8. The lowest BCUT2D eigenvalue weighted by Crippen LogP contribution is -2.40. The Hall–Kier alpha value is -7.42. The summed E-state index contributed by atoms with van der Waals surface area (Å²) < 4.78 is 0. The standard InChI is InChI=1S/C58H52N4O4/c1-33(2)9-7-11-35(5)13-15-37-17-21-41(22-18-37)61-55(63)45-27-25-43-49-39(31-59)29-47-53-48(30-40(32-60)50(54(49)53)44-26-28-46(56(61)64)52(45)51(43)44)58(66)62(57(47)65)42-23-19-38(20-24-42)16-14-36(6)12-8-10-34(3)4/h9-10,17-30,35-36H,7-8,11-16H2,1-6H3/t35-,36-/m0/s1. The molecule has 2 heterocycles. The molecule has 0 saturated carbocycles. The van der Waals surface area contributed by atoms with Crippen LogP contribution in [0.15, 0.2) is 108 Å². The van der Waals surface area contributed by atoms with Crippen LogP contribution in [-0.4, -0.2) is 23.6 Å². The van der Waals surface area contributed by atoms with Crippen LogP contribution in [0.2, 0.25) is 0 Å². The number of nitrogens with zero attached hydrogens (tertiary/aromatic N) is 4. The minimum Gasteiger partial charge on any atom is -0.268 e. The van der Waals surface area contributed by atoms with E-state index >= 15 is 0 Å². The van der Waals surface area contributed by atoms with E-state index in [4.69, 9.17) is 0 Å². The van der Waals surface area contributed by atoms with Gasteiger partial charge in [-0.2, -0.15) is 10.5 Å². The number of allylic oxidation sites excluding steroid dienone is 4. The van der Waals surface area contributed by atoms with E-state index in [1.54, 1.807) is 36.4 Å². The van der Waals surface area contributed by atoms with E-state index in [0.29, 0.717) is 77.4 Å². The van der Waals surface area contributed by atoms with Gasteiger partial charge in [0.05, 0.1) is 45.8 Å². The third-order valence-corrected chi connectivity index (χ3v) is 13.7. The van der Waals surface area contributed by atoms with Crippen molar-refractivity contribution in [1.29, 1.82) is 10.5 Å². The third-order valence-electron chi connectivity index (χ3n) is 13.7. The molecule has 0 saturated heterocycles. The first-order valence-corrected chi connectivity index (χ1v) is 23.1. The fraction of sp³-hybridized carbons (Fsp3) is 0.276. The molecule has 0 radical (unpaired) electrons. The first-order valence-electron chi connectivity index (χ1n) is 23.1. The quantitative estimate of drug-likeness (QED) is 0.0464. The lowest BCUT2D eigenvalue weighted by atomic mass is 9.79. The van der Waals surface area contributed by atoms with Crippen molar-refractivity contribution in [3.05, 3.63) is 153 Å². The first kappa shape index (κ1) is 43.8. The molecule has 8 heteroatoms. The highest BCUT2D eigenvalue weighted by Crippen LogP contribution is 2.49. The van der Waals surface area contributed by atoms with Crippen LogP contribution >= 0.6 is 0 Å². The van der Waals surface area contributed by atoms with E-state index in [9.17, 15) is 29.7 Å². The number of benzene rings is 7. The number of amides is 4. The second-order valence-electron chi connectivity index (χ2n) is 19.0. The predicted octanol–water partition coefficient (Wildman–Crippen LogP) is 13.7. The van der Waals surface area contributed by atoms with E-state index in [0.717, 1.165) is 67.4 Å². The smallest absolute Gasteiger partial charge is 0.266 e. The van der Waals surface area contributed by atoms with Gasteiger partial charge >= 0.3 is 0 Å². The van der Waals surface area contributed by atoms with Gasteiger partial charge in [0, 0.05) is 38.1 Å². The normalized spacial score (nSPS) is 14.3. The molecular weight excluding hydrogens is 817 g/mol. The molecule has 2 aliphatic heterocycles. The van der Waals surface area contributed by atoms with Crippen molar-refractivity contribution in [2.75, 3.05) is 9.80 Å². The van der Waals surface area contributed by atoms with Crippen LogP contribution in [0.5, 0.6) is 0 Å². The van der Waals surface area contributed by atoms with Crippen LogP contribution in [-0.2, 0) is 12.8 Å². The molecule has 0 N–H and O–H groups in total. The zero-order chi connectivity index (χ0) is 46.6. The van der Waals surface area contributed by atoms with E-state index in [1.165, 1.54) is 28.2 Å². The largest absolute Gasteiger partial charge is 0.268 e. The average Bonchev–Trinajstić information content (AvgIpc) is 3.30. The van der Waals surface area contributed by atoms with Gasteiger partial charge in [0.1, 0.15) is 0 Å². The van der Waals surface area contributed by atoms with Crippen molar-refractivity contribution in [1.82, 2.24) is 0 Å². The molecule has 7 aromatic rings. The topological polar surface area (TPSA) is 122 Å². The Balaban J connectivity index is 1.08. The van der Waals surface area contributed by atoms with E-state index < -0.39 is 23.6 Å². The number of aryl methyl sites for hydroxylation is 2. The first-order chi connectivity index (χ1) is 31.8. The van der Waals surface area contributed by atoms with Crippen molar-refractivity contribution < 1.29 is 19.2 Å². The number of carbonyl (C=O) groups excluding carboxylic acids is 4. The third kappa shape index (κ3) is 7.51. The fourth-order valence-corrected chi connectivity index (χ4v) is 10.2. The van der Waals surface area contributed by atoms with Crippen LogP contribution in [0, 0.1) is 34.5 Å². The van der Waals surface area contributed by atoms with Crippen molar-refractivity contribution in [2.45, 2.75) is 92.9 Å². The number of hydrogen-bond donors (Lipinski definition) is 0. The molecule has 7 aromatic carbocycles. The number of hydrogen-bond acceptors (Lipinski definition) is 6. The minimum absolute atomic E-state index is 0.181. The van der Waals surface area contributed by atoms with Crippen LogP contribution in [0.4, 0.5) is 11.4 Å². The molecule has 0 spiro atoms. The Bertz CT molecular complexity index is 3180. The molecule has 2 atom stereocenters. The van der Waals surface area contributed by atoms with E-state index in [2.05, 4.69) is 65.8 Å². The molecule has 0 aliphatic carbocycles. The summed E-state index contributed by atoms with van der Waals surface area (Å²) >= 11 is 0. The van der Waals surface area contributed by atoms with Gasteiger partial charge in [-0.1, -0.05) is 73.5 Å². The highest BCUT2D eigenvalue weighted by atomic mass is 16.2. The average molecular weight is 869 g/mol. The molecule has 0 bridgehead atoms. The highest BCUT2D eigenvalue weighted by Gasteiger charge is 2.39. The Labute approximate surface area is 385 Å². The van der Waals surface area contributed by atoms with Gasteiger partial charge in [-0.15, -0.1) is 0 Å². The molecular formula is C58H52N4O4. The molecule has 0 fully saturated rings. The Morgan fingerprint density at radius 1 is 0.485 bits per heavy atom. The number of fused-ring (bicyclic) bond motifs is 2. The van der Waals surface area contributed by atoms with Gasteiger partial charge in [-0.05, 0) is 167 Å². The lowest BCUT2D eigenvalue weighted by Gasteiger charge is -2.31. The number of imide groups is 2. The molecule has 328 valence electrons. The number of anilines is 2. The maximum Gasteiger partial charge on any atom is 0.266 e. The van der Waals surface area contributed by atoms with Crippen molar-refractivity contribution >= 4 is 78.1 Å². The van der Waals surface area contributed by atoms with Crippen LogP contribution in [0.1, 0.15) is 144 Å². The van der Waals surface area contributed by atoms with Crippen LogP contribution in [0.25, 0.3) is 43.1 Å². The minimum atomic E-state index is -0.558. The second kappa shape index (κ2) is 17.5. The SMILES string of the molecule is CC(C)=CCC[C@H](C)CCc1ccc(N2C(=O)c3ccc4c5c(C#N)cc6c7c(cc(C#N)c(c8ccc(c3c48)C2=O)c75)C(=O)N(c2ccc(CC[C@@H](C)CCC=C(C)C)cc2)C6=O)cc1. The highest BCUT2D eigenvalue weighted by molar-refractivity contribution is 6.46. The number of rotatable bonds is 14. The van der Waals surface area contributed by atoms with Crippen molar-refractivity contribution in [3.63, 3.8) is 0 Å². The fourth-order valence-electron chi connectivity index (χ4n) is 10.2. The zero-order valence-electron chi connectivity index (χ0n) is 38.5. The van der Waals surface area contributed by atoms with E-state index in [1.807, 2.05) is 36.4 Å². The Morgan fingerprint density at radius 3 is 1.24 bits per heavy atom. The van der Waals surface area contributed by atoms with Gasteiger partial charge in [0.25, 0.3) is 23.6 Å². The van der Waals surface area contributed by atoms with Gasteiger partial charge in [-0.3, -0.25) is 19.2 Å². The van der Waals surface area contributed by atoms with Gasteiger partial charge in [0.15, 0.2) is 0 Å². The maximum absolute atomic E-state index is 14.6. The predicted molar refractivity (Wildman–Crippen MR) is 265 cm³/mol. The summed E-state index contributed by atoms with van der Waals surface area (Å²) in [5, 5.41) is 25.5. The van der Waals surface area contributed by atoms with Crippen LogP contribution in [0.3, 0.4) is 0 Å². The summed E-state index contributed by atoms with van der Waals surface area (Å²) in [6.45, 7) is 13.0. The molecule has 9 rings (SSSR count). The van der Waals surface area contributed by atoms with Crippen molar-refractivity contribution in [2.24, 2.45) is 11.8 Å². The molecule has 4 amide bonds. The second-order valence-corrected chi connectivity index (χ2v) is 19.0. The molecule has 0 unspecified atom stereocenters. The summed E-state index contributed by atoms with van der Waals surface area (Å²) in [7, 11) is 0. The Morgan fingerprint density at radius 2 is 0.864 bits per heavy atom. The van der Waals surface area contributed by atoms with Gasteiger partial charge < -0.3 is 0 Å². The summed E-state index contributed by atoms with van der Waals surface area (Å²) in [6.07, 6.45) is 12.7. The Kier molecular flexibility index (Phi) is 11.6. The summed E-state index contributed by atoms with van der Waals surface area (Å²) in [4.78, 5) is 60.5. The molecule has 66 heavy (non-hydrogen) atoms. The van der Waals surface area contributed by atoms with Crippen molar-refractivity contribution in [3.8, 4) is 12.1 Å². The lowest BCUT2D eigenvalue weighted by molar-refractivity contribution is 0.0877. The monoisotopic (exact) mass is 868 g/mol. The molecule has 0 aromatic heterocycles. The number of carbonyl (C=O) groups is 4. The van der Waals surface area contributed by atoms with Crippen LogP contribution < -0.4 is 9.80 Å². The van der Waals surface area contributed by atoms with Gasteiger partial charge in [-0.25, -0.2) is 9.80 Å². The summed E-state index contributed by atoms with van der Waals surface area (Å²) in [5.41, 5.74) is 7.17.